The summed E-state index contributed by atoms with van der Waals surface area (Å²) in [4.78, 5) is 28.8. The zero-order valence-corrected chi connectivity index (χ0v) is 18.8. The minimum absolute atomic E-state index is 0.135. The number of esters is 1. The van der Waals surface area contributed by atoms with Crippen LogP contribution in [-0.4, -0.2) is 37.7 Å². The number of rotatable bonds is 8. The van der Waals surface area contributed by atoms with Crippen LogP contribution in [0, 0.1) is 0 Å². The molecule has 0 aliphatic heterocycles. The van der Waals surface area contributed by atoms with Crippen molar-refractivity contribution in [3.8, 4) is 22.1 Å². The lowest BCUT2D eigenvalue weighted by Crippen LogP contribution is -2.31. The van der Waals surface area contributed by atoms with Gasteiger partial charge in [0.25, 0.3) is 5.91 Å². The predicted octanol–water partition coefficient (Wildman–Crippen LogP) is 4.51. The van der Waals surface area contributed by atoms with Gasteiger partial charge in [0.1, 0.15) is 16.5 Å². The van der Waals surface area contributed by atoms with Gasteiger partial charge < -0.3 is 19.5 Å². The van der Waals surface area contributed by atoms with Gasteiger partial charge in [0.2, 0.25) is 0 Å². The fourth-order valence-electron chi connectivity index (χ4n) is 2.87. The molecule has 0 fully saturated rings. The molecular weight excluding hydrogens is 440 g/mol. The Balaban J connectivity index is 1.58. The van der Waals surface area contributed by atoms with Gasteiger partial charge in [-0.05, 0) is 37.3 Å². The fourth-order valence-corrected chi connectivity index (χ4v) is 3.84. The van der Waals surface area contributed by atoms with E-state index >= 15 is 0 Å². The molecule has 9 heteroatoms. The van der Waals surface area contributed by atoms with Crippen molar-refractivity contribution in [2.24, 2.45) is 0 Å². The van der Waals surface area contributed by atoms with Crippen LogP contribution in [0.15, 0.2) is 47.8 Å². The molecule has 2 aromatic carbocycles. The third kappa shape index (κ3) is 5.74. The first kappa shape index (κ1) is 22.6. The number of hydrogen-bond acceptors (Lipinski definition) is 7. The predicted molar refractivity (Wildman–Crippen MR) is 119 cm³/mol. The van der Waals surface area contributed by atoms with E-state index in [1.807, 2.05) is 6.07 Å². The van der Waals surface area contributed by atoms with E-state index in [1.165, 1.54) is 11.3 Å². The largest absolute Gasteiger partial charge is 0.497 e. The highest BCUT2D eigenvalue weighted by atomic mass is 35.5. The van der Waals surface area contributed by atoms with E-state index in [9.17, 15) is 9.59 Å². The molecule has 3 rings (SSSR count). The Hall–Kier alpha value is -3.10. The van der Waals surface area contributed by atoms with Crippen LogP contribution in [0.1, 0.15) is 29.0 Å². The van der Waals surface area contributed by atoms with Crippen LogP contribution in [-0.2, 0) is 9.53 Å². The number of carbonyl (C=O) groups is 2. The first-order valence-electron chi connectivity index (χ1n) is 9.31. The zero-order valence-electron chi connectivity index (χ0n) is 17.2. The number of nitrogens with one attached hydrogen (secondary N) is 1. The maximum Gasteiger partial charge on any atom is 0.358 e. The van der Waals surface area contributed by atoms with Crippen LogP contribution in [0.5, 0.6) is 11.5 Å². The molecule has 0 aliphatic rings. The number of thiazole rings is 1. The number of nitrogens with zero attached hydrogens (tertiary/aromatic N) is 1. The molecule has 7 nitrogen and oxygen atoms in total. The van der Waals surface area contributed by atoms with Gasteiger partial charge in [-0.2, -0.15) is 0 Å². The van der Waals surface area contributed by atoms with Gasteiger partial charge in [0.05, 0.1) is 20.3 Å². The van der Waals surface area contributed by atoms with E-state index in [-0.39, 0.29) is 11.7 Å². The Kier molecular flexibility index (Phi) is 7.49. The lowest BCUT2D eigenvalue weighted by molar-refractivity contribution is -0.124. The molecule has 0 aliphatic carbocycles. The Morgan fingerprint density at radius 3 is 2.68 bits per heavy atom. The van der Waals surface area contributed by atoms with E-state index in [0.717, 1.165) is 11.1 Å². The SMILES string of the molecule is COc1ccc(OC)c(C(C)NC(=O)COC(=O)c2csc(-c3cccc(Cl)c3)n2)c1. The molecule has 31 heavy (non-hydrogen) atoms. The van der Waals surface area contributed by atoms with Crippen LogP contribution < -0.4 is 14.8 Å². The van der Waals surface area contributed by atoms with Crippen molar-refractivity contribution in [2.75, 3.05) is 20.8 Å². The van der Waals surface area contributed by atoms with Crippen molar-refractivity contribution in [2.45, 2.75) is 13.0 Å². The number of methoxy groups -OCH3 is 2. The van der Waals surface area contributed by atoms with E-state index in [2.05, 4.69) is 10.3 Å². The Labute approximate surface area is 188 Å². The monoisotopic (exact) mass is 460 g/mol. The second kappa shape index (κ2) is 10.3. The zero-order chi connectivity index (χ0) is 22.4. The lowest BCUT2D eigenvalue weighted by Gasteiger charge is -2.18. The minimum Gasteiger partial charge on any atom is -0.497 e. The standard InChI is InChI=1S/C22H21ClN2O5S/c1-13(17-10-16(28-2)7-8-19(17)29-3)24-20(26)11-30-22(27)18-12-31-21(25-18)14-5-4-6-15(23)9-14/h4-10,12-13H,11H2,1-3H3,(H,24,26). The van der Waals surface area contributed by atoms with Crippen LogP contribution in [0.2, 0.25) is 5.02 Å². The molecule has 0 radical (unpaired) electrons. The summed E-state index contributed by atoms with van der Waals surface area (Å²) in [5, 5.41) is 5.58. The van der Waals surface area contributed by atoms with E-state index in [0.29, 0.717) is 21.5 Å². The van der Waals surface area contributed by atoms with Gasteiger partial charge in [-0.25, -0.2) is 9.78 Å². The Bertz CT molecular complexity index is 1090. The van der Waals surface area contributed by atoms with Crippen molar-refractivity contribution in [3.05, 3.63) is 64.1 Å². The van der Waals surface area contributed by atoms with E-state index in [1.54, 1.807) is 62.9 Å². The second-order valence-corrected chi connectivity index (χ2v) is 7.82. The van der Waals surface area contributed by atoms with Gasteiger partial charge >= 0.3 is 5.97 Å². The van der Waals surface area contributed by atoms with Gasteiger partial charge in [0.15, 0.2) is 12.3 Å². The molecule has 1 aromatic heterocycles. The highest BCUT2D eigenvalue weighted by Gasteiger charge is 2.18. The van der Waals surface area contributed by atoms with Crippen LogP contribution in [0.3, 0.4) is 0 Å². The highest BCUT2D eigenvalue weighted by Crippen LogP contribution is 2.29. The van der Waals surface area contributed by atoms with Gasteiger partial charge in [0, 0.05) is 21.5 Å². The number of benzene rings is 2. The number of ether oxygens (including phenoxy) is 3. The molecule has 1 unspecified atom stereocenters. The van der Waals surface area contributed by atoms with Crippen LogP contribution in [0.25, 0.3) is 10.6 Å². The average molecular weight is 461 g/mol. The van der Waals surface area contributed by atoms with Gasteiger partial charge in [-0.3, -0.25) is 4.79 Å². The summed E-state index contributed by atoms with van der Waals surface area (Å²) < 4.78 is 15.7. The summed E-state index contributed by atoms with van der Waals surface area (Å²) in [6.07, 6.45) is 0. The number of amides is 1. The second-order valence-electron chi connectivity index (χ2n) is 6.52. The summed E-state index contributed by atoms with van der Waals surface area (Å²) in [7, 11) is 3.11. The van der Waals surface area contributed by atoms with Crippen LogP contribution >= 0.6 is 22.9 Å². The van der Waals surface area contributed by atoms with Crippen molar-refractivity contribution in [3.63, 3.8) is 0 Å². The molecule has 1 N–H and O–H groups in total. The molecule has 3 aromatic rings. The van der Waals surface area contributed by atoms with E-state index in [4.69, 9.17) is 25.8 Å². The number of hydrogen-bond donors (Lipinski definition) is 1. The van der Waals surface area contributed by atoms with Crippen molar-refractivity contribution in [1.29, 1.82) is 0 Å². The summed E-state index contributed by atoms with van der Waals surface area (Å²) in [5.74, 6) is 0.131. The maximum atomic E-state index is 12.3. The number of aromatic nitrogens is 1. The quantitative estimate of drug-likeness (QED) is 0.497. The minimum atomic E-state index is -0.675. The average Bonchev–Trinajstić information content (AvgIpc) is 3.27. The molecule has 1 heterocycles. The first-order valence-corrected chi connectivity index (χ1v) is 10.6. The first-order chi connectivity index (χ1) is 14.9. The molecule has 0 bridgehead atoms. The van der Waals surface area contributed by atoms with E-state index < -0.39 is 18.5 Å². The fraction of sp³-hybridized carbons (Fsp3) is 0.227. The maximum absolute atomic E-state index is 12.3. The molecule has 0 saturated heterocycles. The van der Waals surface area contributed by atoms with Crippen molar-refractivity contribution < 1.29 is 23.8 Å². The summed E-state index contributed by atoms with van der Waals surface area (Å²) in [5.41, 5.74) is 1.68. The summed E-state index contributed by atoms with van der Waals surface area (Å²) in [6.45, 7) is 1.37. The summed E-state index contributed by atoms with van der Waals surface area (Å²) in [6, 6.07) is 12.1. The topological polar surface area (TPSA) is 86.8 Å². The van der Waals surface area contributed by atoms with Crippen molar-refractivity contribution in [1.82, 2.24) is 10.3 Å². The smallest absolute Gasteiger partial charge is 0.358 e. The molecule has 1 atom stereocenters. The number of halogens is 1. The molecule has 0 saturated carbocycles. The molecule has 1 amide bonds. The lowest BCUT2D eigenvalue weighted by atomic mass is 10.1. The Morgan fingerprint density at radius 1 is 1.16 bits per heavy atom. The van der Waals surface area contributed by atoms with Crippen LogP contribution in [0.4, 0.5) is 0 Å². The molecule has 162 valence electrons. The third-order valence-electron chi connectivity index (χ3n) is 4.40. The van der Waals surface area contributed by atoms with Gasteiger partial charge in [-0.1, -0.05) is 23.7 Å². The molecule has 0 spiro atoms. The third-order valence-corrected chi connectivity index (χ3v) is 5.53. The number of carbonyl (C=O) groups excluding carboxylic acids is 2. The molecular formula is C22H21ClN2O5S. The van der Waals surface area contributed by atoms with Gasteiger partial charge in [-0.15, -0.1) is 11.3 Å². The normalized spacial score (nSPS) is 11.5. The Morgan fingerprint density at radius 2 is 1.97 bits per heavy atom. The van der Waals surface area contributed by atoms with Crippen molar-refractivity contribution >= 4 is 34.8 Å². The highest BCUT2D eigenvalue weighted by molar-refractivity contribution is 7.13. The summed E-state index contributed by atoms with van der Waals surface area (Å²) >= 11 is 7.29.